The third-order valence-electron chi connectivity index (χ3n) is 6.72. The van der Waals surface area contributed by atoms with Gasteiger partial charge < -0.3 is 0 Å². The molecule has 2 aromatic carbocycles. The summed E-state index contributed by atoms with van der Waals surface area (Å²) in [6.07, 6.45) is 9.83. The van der Waals surface area contributed by atoms with Crippen LogP contribution in [-0.4, -0.2) is 0 Å². The van der Waals surface area contributed by atoms with E-state index in [1.165, 1.54) is 22.3 Å². The highest BCUT2D eigenvalue weighted by Gasteiger charge is 2.52. The maximum atomic E-state index is 2.54. The van der Waals surface area contributed by atoms with Gasteiger partial charge in [0.1, 0.15) is 0 Å². The molecule has 112 valence electrons. The van der Waals surface area contributed by atoms with E-state index in [1.807, 2.05) is 0 Å². The highest BCUT2D eigenvalue weighted by Crippen LogP contribution is 2.62. The Hall–Kier alpha value is -2.08. The molecule has 1 fully saturated rings. The van der Waals surface area contributed by atoms with Gasteiger partial charge in [0.2, 0.25) is 0 Å². The first-order valence-electron chi connectivity index (χ1n) is 8.81. The van der Waals surface area contributed by atoms with E-state index in [9.17, 15) is 0 Å². The highest BCUT2D eigenvalue weighted by atomic mass is 14.5. The van der Waals surface area contributed by atoms with Crippen LogP contribution in [0, 0.1) is 11.8 Å². The minimum atomic E-state index is 0.113. The van der Waals surface area contributed by atoms with Crippen LogP contribution < -0.4 is 0 Å². The number of allylic oxidation sites excluding steroid dienone is 4. The minimum Gasteiger partial charge on any atom is -0.0833 e. The van der Waals surface area contributed by atoms with E-state index in [4.69, 9.17) is 0 Å². The average Bonchev–Trinajstić information content (AvgIpc) is 3.28. The number of hydrogen-bond acceptors (Lipinski definition) is 0. The SMILES string of the molecule is CC1(C)c2ccccc2-c2cc3c(cc21)C1C=CC2C(C=C1)C32. The van der Waals surface area contributed by atoms with Gasteiger partial charge in [-0.1, -0.05) is 74.5 Å². The number of benzene rings is 2. The molecule has 0 saturated heterocycles. The molecule has 0 radical (unpaired) electrons. The van der Waals surface area contributed by atoms with Crippen molar-refractivity contribution in [3.8, 4) is 11.1 Å². The third-order valence-corrected chi connectivity index (χ3v) is 6.72. The van der Waals surface area contributed by atoms with E-state index in [1.54, 1.807) is 11.1 Å². The van der Waals surface area contributed by atoms with Gasteiger partial charge in [-0.15, -0.1) is 0 Å². The molecule has 7 rings (SSSR count). The normalized spacial score (nSPS) is 32.8. The zero-order chi connectivity index (χ0) is 15.3. The van der Waals surface area contributed by atoms with Crippen molar-refractivity contribution >= 4 is 0 Å². The van der Waals surface area contributed by atoms with Crippen LogP contribution >= 0.6 is 0 Å². The molecule has 0 aliphatic heterocycles. The molecule has 0 N–H and O–H groups in total. The van der Waals surface area contributed by atoms with E-state index >= 15 is 0 Å². The van der Waals surface area contributed by atoms with E-state index in [0.29, 0.717) is 5.92 Å². The van der Waals surface area contributed by atoms with Gasteiger partial charge in [-0.25, -0.2) is 0 Å². The second-order valence-electron chi connectivity index (χ2n) is 8.17. The maximum Gasteiger partial charge on any atom is 0.0201 e. The van der Waals surface area contributed by atoms with Crippen molar-refractivity contribution in [3.05, 3.63) is 83.0 Å². The molecule has 5 aliphatic carbocycles. The zero-order valence-corrected chi connectivity index (χ0v) is 13.6. The summed E-state index contributed by atoms with van der Waals surface area (Å²) in [5.74, 6) is 2.71. The summed E-state index contributed by atoms with van der Waals surface area (Å²) >= 11 is 0. The van der Waals surface area contributed by atoms with Gasteiger partial charge in [-0.3, -0.25) is 0 Å². The van der Waals surface area contributed by atoms with Gasteiger partial charge in [0.05, 0.1) is 0 Å². The molecule has 0 aromatic heterocycles. The van der Waals surface area contributed by atoms with Gasteiger partial charge in [0.25, 0.3) is 0 Å². The Balaban J connectivity index is 1.68. The Bertz CT molecular complexity index is 905. The molecule has 2 atom stereocenters. The molecular formula is C23H20. The lowest BCUT2D eigenvalue weighted by molar-refractivity contribution is 0.658. The highest BCUT2D eigenvalue weighted by molar-refractivity contribution is 5.82. The lowest BCUT2D eigenvalue weighted by Crippen LogP contribution is -2.15. The van der Waals surface area contributed by atoms with Crippen LogP contribution in [0.4, 0.5) is 0 Å². The third kappa shape index (κ3) is 1.35. The maximum absolute atomic E-state index is 2.54. The van der Waals surface area contributed by atoms with Crippen molar-refractivity contribution in [2.45, 2.75) is 31.1 Å². The summed E-state index contributed by atoms with van der Waals surface area (Å²) in [5.41, 5.74) is 9.22. The first kappa shape index (κ1) is 12.4. The Morgan fingerprint density at radius 1 is 0.739 bits per heavy atom. The fourth-order valence-electron chi connectivity index (χ4n) is 5.40. The number of rotatable bonds is 0. The van der Waals surface area contributed by atoms with Gasteiger partial charge in [-0.2, -0.15) is 0 Å². The van der Waals surface area contributed by atoms with Crippen LogP contribution in [-0.2, 0) is 5.41 Å². The predicted octanol–water partition coefficient (Wildman–Crippen LogP) is 5.55. The lowest BCUT2D eigenvalue weighted by Gasteiger charge is -2.23. The molecule has 4 bridgehead atoms. The Labute approximate surface area is 137 Å². The zero-order valence-electron chi connectivity index (χ0n) is 13.6. The smallest absolute Gasteiger partial charge is 0.0201 e. The van der Waals surface area contributed by atoms with E-state index in [2.05, 4.69) is 74.5 Å². The molecule has 2 aromatic rings. The molecular weight excluding hydrogens is 276 g/mol. The van der Waals surface area contributed by atoms with Crippen LogP contribution in [0.1, 0.15) is 47.9 Å². The van der Waals surface area contributed by atoms with Gasteiger partial charge >= 0.3 is 0 Å². The molecule has 0 heteroatoms. The van der Waals surface area contributed by atoms with Crippen molar-refractivity contribution in [2.75, 3.05) is 0 Å². The predicted molar refractivity (Wildman–Crippen MR) is 94.7 cm³/mol. The molecule has 0 heterocycles. The second-order valence-corrected chi connectivity index (χ2v) is 8.17. The van der Waals surface area contributed by atoms with Crippen molar-refractivity contribution < 1.29 is 0 Å². The summed E-state index contributed by atoms with van der Waals surface area (Å²) in [6, 6.07) is 14.1. The number of fused-ring (bicyclic) bond motifs is 3. The molecule has 1 saturated carbocycles. The first-order chi connectivity index (χ1) is 11.2. The van der Waals surface area contributed by atoms with Crippen LogP contribution in [0.25, 0.3) is 11.1 Å². The Morgan fingerprint density at radius 2 is 1.48 bits per heavy atom. The molecule has 5 aliphatic rings. The number of hydrogen-bond donors (Lipinski definition) is 0. The molecule has 0 nitrogen and oxygen atoms in total. The van der Waals surface area contributed by atoms with Crippen LogP contribution in [0.5, 0.6) is 0 Å². The summed E-state index contributed by atoms with van der Waals surface area (Å²) in [4.78, 5) is 0. The van der Waals surface area contributed by atoms with Gasteiger partial charge in [0, 0.05) is 11.3 Å². The van der Waals surface area contributed by atoms with E-state index in [-0.39, 0.29) is 5.41 Å². The average molecular weight is 296 g/mol. The van der Waals surface area contributed by atoms with Crippen LogP contribution in [0.15, 0.2) is 60.7 Å². The topological polar surface area (TPSA) is 0 Å². The van der Waals surface area contributed by atoms with Crippen LogP contribution in [0.2, 0.25) is 0 Å². The molecule has 2 unspecified atom stereocenters. The van der Waals surface area contributed by atoms with Gasteiger partial charge in [0.15, 0.2) is 0 Å². The van der Waals surface area contributed by atoms with Crippen molar-refractivity contribution in [2.24, 2.45) is 11.8 Å². The van der Waals surface area contributed by atoms with Gasteiger partial charge in [-0.05, 0) is 51.1 Å². The minimum absolute atomic E-state index is 0.113. The van der Waals surface area contributed by atoms with E-state index < -0.39 is 0 Å². The molecule has 0 amide bonds. The Morgan fingerprint density at radius 3 is 2.26 bits per heavy atom. The fourth-order valence-corrected chi connectivity index (χ4v) is 5.40. The van der Waals surface area contributed by atoms with Crippen molar-refractivity contribution in [3.63, 3.8) is 0 Å². The van der Waals surface area contributed by atoms with Crippen molar-refractivity contribution in [1.29, 1.82) is 0 Å². The molecule has 0 spiro atoms. The molecule has 23 heavy (non-hydrogen) atoms. The largest absolute Gasteiger partial charge is 0.0833 e. The van der Waals surface area contributed by atoms with E-state index in [0.717, 1.165) is 17.8 Å². The summed E-state index contributed by atoms with van der Waals surface area (Å²) in [5, 5.41) is 0. The van der Waals surface area contributed by atoms with Crippen LogP contribution in [0.3, 0.4) is 0 Å². The summed E-state index contributed by atoms with van der Waals surface area (Å²) < 4.78 is 0. The lowest BCUT2D eigenvalue weighted by atomic mass is 9.80. The first-order valence-corrected chi connectivity index (χ1v) is 8.81. The fraction of sp³-hybridized carbons (Fsp3) is 0.304. The van der Waals surface area contributed by atoms with Crippen molar-refractivity contribution in [1.82, 2.24) is 0 Å². The Kier molecular flexibility index (Phi) is 1.99. The second kappa shape index (κ2) is 3.70. The summed E-state index contributed by atoms with van der Waals surface area (Å²) in [6.45, 7) is 4.76. The monoisotopic (exact) mass is 296 g/mol. The summed E-state index contributed by atoms with van der Waals surface area (Å²) in [7, 11) is 0. The standard InChI is InChI=1S/C23H20/c1-23(2)20-6-4-3-5-14(20)18-11-19-17(12-21(18)23)13-7-9-15-16(10-8-13)22(15)19/h3-13,15-16,22H,1-2H3. The quantitative estimate of drug-likeness (QED) is 0.559.